The van der Waals surface area contributed by atoms with E-state index in [-0.39, 0.29) is 49.9 Å². The van der Waals surface area contributed by atoms with Crippen molar-refractivity contribution < 1.29 is 44.2 Å². The van der Waals surface area contributed by atoms with Gasteiger partial charge in [-0.2, -0.15) is 0 Å². The van der Waals surface area contributed by atoms with Crippen molar-refractivity contribution >= 4 is 5.97 Å². The minimum Gasteiger partial charge on any atom is -0.462 e. The van der Waals surface area contributed by atoms with Crippen LogP contribution in [0.25, 0.3) is 0 Å². The molecule has 9 nitrogen and oxygen atoms in total. The van der Waals surface area contributed by atoms with Gasteiger partial charge in [0.2, 0.25) is 0 Å². The van der Waals surface area contributed by atoms with Crippen LogP contribution in [0.3, 0.4) is 0 Å². The predicted octanol–water partition coefficient (Wildman–Crippen LogP) is 4.06. The van der Waals surface area contributed by atoms with Gasteiger partial charge in [-0.3, -0.25) is 4.79 Å². The number of aliphatic hydroxyl groups excluding tert-OH is 3. The zero-order valence-electron chi connectivity index (χ0n) is 27.5. The van der Waals surface area contributed by atoms with E-state index in [1.54, 1.807) is 19.1 Å². The van der Waals surface area contributed by atoms with Gasteiger partial charge in [-0.1, -0.05) is 62.8 Å². The number of allylic oxidation sites excluding steroid dienone is 4. The van der Waals surface area contributed by atoms with Crippen molar-refractivity contribution in [1.82, 2.24) is 0 Å². The van der Waals surface area contributed by atoms with Crippen LogP contribution >= 0.6 is 0 Å². The molecule has 0 saturated carbocycles. The van der Waals surface area contributed by atoms with Crippen molar-refractivity contribution in [2.75, 3.05) is 13.2 Å². The van der Waals surface area contributed by atoms with Gasteiger partial charge >= 0.3 is 5.97 Å². The lowest BCUT2D eigenvalue weighted by atomic mass is 9.71. The summed E-state index contributed by atoms with van der Waals surface area (Å²) in [5, 5.41) is 44.0. The average molecular weight is 629 g/mol. The van der Waals surface area contributed by atoms with E-state index in [1.807, 2.05) is 32.9 Å². The van der Waals surface area contributed by atoms with Gasteiger partial charge in [-0.15, -0.1) is 0 Å². The molecular formula is C36H52O9. The highest BCUT2D eigenvalue weighted by molar-refractivity contribution is 5.78. The van der Waals surface area contributed by atoms with Crippen molar-refractivity contribution in [3.05, 3.63) is 58.7 Å². The predicted molar refractivity (Wildman–Crippen MR) is 169 cm³/mol. The van der Waals surface area contributed by atoms with Crippen molar-refractivity contribution in [3.63, 3.8) is 0 Å². The Kier molecular flexibility index (Phi) is 10.3. The number of aliphatic hydroxyl groups is 4. The van der Waals surface area contributed by atoms with Crippen LogP contribution in [0.5, 0.6) is 0 Å². The third-order valence-corrected chi connectivity index (χ3v) is 10.3. The molecule has 9 heteroatoms. The van der Waals surface area contributed by atoms with Crippen molar-refractivity contribution in [1.29, 1.82) is 0 Å². The highest BCUT2D eigenvalue weighted by Crippen LogP contribution is 2.47. The number of fused-ring (bicyclic) bond motifs is 2. The van der Waals surface area contributed by atoms with Crippen LogP contribution in [0.4, 0.5) is 0 Å². The molecule has 3 saturated heterocycles. The van der Waals surface area contributed by atoms with Gasteiger partial charge in [0.25, 0.3) is 0 Å². The van der Waals surface area contributed by atoms with Crippen LogP contribution in [-0.2, 0) is 23.7 Å². The second-order valence-electron chi connectivity index (χ2n) is 14.3. The fourth-order valence-electron chi connectivity index (χ4n) is 7.82. The van der Waals surface area contributed by atoms with Gasteiger partial charge in [-0.25, -0.2) is 0 Å². The van der Waals surface area contributed by atoms with Crippen molar-refractivity contribution in [3.8, 4) is 0 Å². The van der Waals surface area contributed by atoms with Crippen LogP contribution in [0.1, 0.15) is 73.6 Å². The van der Waals surface area contributed by atoms with Gasteiger partial charge in [0.1, 0.15) is 29.8 Å². The fourth-order valence-corrected chi connectivity index (χ4v) is 7.82. The van der Waals surface area contributed by atoms with E-state index < -0.39 is 53.8 Å². The number of carbonyl (C=O) groups excluding carboxylic acids is 1. The topological polar surface area (TPSA) is 135 Å². The molecule has 3 fully saturated rings. The zero-order valence-corrected chi connectivity index (χ0v) is 27.5. The normalized spacial score (nSPS) is 46.6. The van der Waals surface area contributed by atoms with E-state index in [0.29, 0.717) is 24.0 Å². The second kappa shape index (κ2) is 13.6. The minimum atomic E-state index is -1.76. The summed E-state index contributed by atoms with van der Waals surface area (Å²) in [7, 11) is 0. The maximum atomic E-state index is 14.1. The fraction of sp³-hybridized carbons (Fsp3) is 0.694. The molecule has 1 spiro atoms. The summed E-state index contributed by atoms with van der Waals surface area (Å²) >= 11 is 0. The van der Waals surface area contributed by atoms with E-state index >= 15 is 0 Å². The monoisotopic (exact) mass is 628 g/mol. The Morgan fingerprint density at radius 3 is 2.64 bits per heavy atom. The lowest BCUT2D eigenvalue weighted by Crippen LogP contribution is -2.59. The van der Waals surface area contributed by atoms with Gasteiger partial charge in [-0.05, 0) is 62.2 Å². The molecule has 250 valence electrons. The third kappa shape index (κ3) is 6.96. The van der Waals surface area contributed by atoms with Crippen molar-refractivity contribution in [2.24, 2.45) is 23.7 Å². The molecule has 12 atom stereocenters. The summed E-state index contributed by atoms with van der Waals surface area (Å²) in [5.74, 6) is -2.92. The van der Waals surface area contributed by atoms with Crippen molar-refractivity contribution in [2.45, 2.75) is 122 Å². The molecule has 4 unspecified atom stereocenters. The quantitative estimate of drug-likeness (QED) is 0.270. The first-order valence-corrected chi connectivity index (χ1v) is 16.5. The first-order valence-electron chi connectivity index (χ1n) is 16.5. The Labute approximate surface area is 267 Å². The molecular weight excluding hydrogens is 576 g/mol. The third-order valence-electron chi connectivity index (χ3n) is 10.3. The molecule has 45 heavy (non-hydrogen) atoms. The standard InChI is InChI=1S/C36H52O9/c1-20-8-7-9-26-19-42-33-31(39)23(4)14-29(36(26,33)41)34(40)43-28-15-27(11-10-21(2)12-20)44-35(16-28)17-30(38)25(6)32(45-35)24(5)13-22(3)18-37/h7-10,13-14,20,22,25,27-33,37-39,41H,11-12,15-19H2,1-6H3/b8-7+,21-10+,24-13+,26-9+/t20-,22?,25-,27+,28?,29-,30?,31+,32?,33+,35-,36+/m0/s1. The minimum absolute atomic E-state index is 0.00406. The van der Waals surface area contributed by atoms with E-state index in [0.717, 1.165) is 12.0 Å². The number of esters is 1. The Bertz CT molecular complexity index is 1260. The van der Waals surface area contributed by atoms with E-state index in [1.165, 1.54) is 5.57 Å². The number of hydrogen-bond donors (Lipinski definition) is 4. The van der Waals surface area contributed by atoms with Gasteiger partial charge in [0.05, 0.1) is 24.9 Å². The summed E-state index contributed by atoms with van der Waals surface area (Å²) in [4.78, 5) is 14.1. The first kappa shape index (κ1) is 34.2. The Morgan fingerprint density at radius 2 is 1.91 bits per heavy atom. The van der Waals surface area contributed by atoms with E-state index in [9.17, 15) is 25.2 Å². The molecule has 4 N–H and O–H groups in total. The lowest BCUT2D eigenvalue weighted by Gasteiger charge is -2.51. The van der Waals surface area contributed by atoms with Crippen LogP contribution in [0.2, 0.25) is 0 Å². The molecule has 0 aromatic heterocycles. The molecule has 4 heterocycles. The summed E-state index contributed by atoms with van der Waals surface area (Å²) in [6.07, 6.45) is 9.66. The maximum Gasteiger partial charge on any atom is 0.316 e. The Balaban J connectivity index is 1.52. The number of hydrogen-bond acceptors (Lipinski definition) is 9. The van der Waals surface area contributed by atoms with E-state index in [4.69, 9.17) is 18.9 Å². The largest absolute Gasteiger partial charge is 0.462 e. The summed E-state index contributed by atoms with van der Waals surface area (Å²) < 4.78 is 25.6. The lowest BCUT2D eigenvalue weighted by molar-refractivity contribution is -0.342. The number of carbonyl (C=O) groups is 1. The molecule has 0 aromatic rings. The Morgan fingerprint density at radius 1 is 1.16 bits per heavy atom. The summed E-state index contributed by atoms with van der Waals surface area (Å²) in [6, 6.07) is 0. The molecule has 1 aliphatic carbocycles. The molecule has 0 amide bonds. The van der Waals surface area contributed by atoms with Gasteiger partial charge < -0.3 is 39.4 Å². The molecule has 0 radical (unpaired) electrons. The van der Waals surface area contributed by atoms with Crippen LogP contribution in [0.15, 0.2) is 58.7 Å². The highest BCUT2D eigenvalue weighted by atomic mass is 16.7. The van der Waals surface area contributed by atoms with Crippen LogP contribution in [-0.4, -0.2) is 87.6 Å². The van der Waals surface area contributed by atoms with Crippen LogP contribution in [0, 0.1) is 23.7 Å². The SMILES string of the molecule is CC1=C[C@H]2C(=O)OC3C[C@@H](C/C=C(\C)C[C@@H](C)/C=C/C=C4\CO[C@H]([C@@H]1O)[C@@]42O)O[C@]1(C3)CC(O)[C@H](C)C(/C(C)=C/C(C)CO)O1. The van der Waals surface area contributed by atoms with Gasteiger partial charge in [0.15, 0.2) is 5.79 Å². The molecule has 5 rings (SSSR count). The average Bonchev–Trinajstić information content (AvgIpc) is 3.31. The zero-order chi connectivity index (χ0) is 32.7. The molecule has 5 aliphatic rings. The smallest absolute Gasteiger partial charge is 0.316 e. The molecule has 2 bridgehead atoms. The molecule has 0 aromatic carbocycles. The number of rotatable bonds is 3. The maximum absolute atomic E-state index is 14.1. The Hall–Kier alpha value is -2.11. The van der Waals surface area contributed by atoms with Crippen LogP contribution < -0.4 is 0 Å². The first-order chi connectivity index (χ1) is 21.3. The summed E-state index contributed by atoms with van der Waals surface area (Å²) in [5.41, 5.74) is 1.42. The van der Waals surface area contributed by atoms with Gasteiger partial charge in [0, 0.05) is 31.8 Å². The summed E-state index contributed by atoms with van der Waals surface area (Å²) in [6.45, 7) is 11.9. The number of ether oxygens (including phenoxy) is 4. The second-order valence-corrected chi connectivity index (χ2v) is 14.3. The molecule has 4 aliphatic heterocycles. The highest BCUT2D eigenvalue weighted by Gasteiger charge is 2.60. The van der Waals surface area contributed by atoms with E-state index in [2.05, 4.69) is 26.0 Å².